The minimum Gasteiger partial charge on any atom is -0.309 e. The van der Waals surface area contributed by atoms with E-state index in [4.69, 9.17) is 11.6 Å². The highest BCUT2D eigenvalue weighted by atomic mass is 35.5. The van der Waals surface area contributed by atoms with Gasteiger partial charge in [0.25, 0.3) is 0 Å². The second kappa shape index (κ2) is 5.26. The Morgan fingerprint density at radius 2 is 2.10 bits per heavy atom. The van der Waals surface area contributed by atoms with Crippen molar-refractivity contribution < 1.29 is 0 Å². The Morgan fingerprint density at radius 1 is 1.20 bits per heavy atom. The topological polar surface area (TPSA) is 68.5 Å². The molecule has 100 valence electrons. The van der Waals surface area contributed by atoms with E-state index in [1.165, 1.54) is 0 Å². The zero-order chi connectivity index (χ0) is 13.9. The van der Waals surface area contributed by atoms with Gasteiger partial charge in [-0.2, -0.15) is 5.10 Å². The quantitative estimate of drug-likeness (QED) is 0.802. The van der Waals surface area contributed by atoms with E-state index in [0.29, 0.717) is 22.5 Å². The number of nitrogens with one attached hydrogen (secondary N) is 1. The highest BCUT2D eigenvalue weighted by Gasteiger charge is 2.10. The molecule has 3 aromatic rings. The van der Waals surface area contributed by atoms with E-state index in [1.807, 2.05) is 31.4 Å². The molecule has 0 saturated carbocycles. The van der Waals surface area contributed by atoms with Gasteiger partial charge in [-0.3, -0.25) is 4.68 Å². The maximum atomic E-state index is 6.14. The number of nitrogens with zero attached hydrogens (tertiary/aromatic N) is 5. The summed E-state index contributed by atoms with van der Waals surface area (Å²) in [6.45, 7) is 0. The Kier molecular flexibility index (Phi) is 3.30. The van der Waals surface area contributed by atoms with Crippen LogP contribution < -0.4 is 5.32 Å². The van der Waals surface area contributed by atoms with Gasteiger partial charge in [0.15, 0.2) is 0 Å². The van der Waals surface area contributed by atoms with Crippen molar-refractivity contribution >= 4 is 23.4 Å². The molecule has 0 aliphatic heterocycles. The summed E-state index contributed by atoms with van der Waals surface area (Å²) in [7, 11) is 1.84. The molecule has 7 heteroatoms. The predicted octanol–water partition coefficient (Wildman–Crippen LogP) is 2.67. The Morgan fingerprint density at radius 3 is 2.80 bits per heavy atom. The van der Waals surface area contributed by atoms with Crippen molar-refractivity contribution in [2.24, 2.45) is 7.05 Å². The molecule has 0 radical (unpaired) electrons. The smallest absolute Gasteiger partial charge is 0.228 e. The minimum absolute atomic E-state index is 0.437. The van der Waals surface area contributed by atoms with Gasteiger partial charge in [0.2, 0.25) is 5.95 Å². The van der Waals surface area contributed by atoms with Gasteiger partial charge in [-0.05, 0) is 12.1 Å². The molecule has 0 unspecified atom stereocenters. The lowest BCUT2D eigenvalue weighted by Crippen LogP contribution is -1.99. The van der Waals surface area contributed by atoms with Gasteiger partial charge in [0, 0.05) is 25.0 Å². The monoisotopic (exact) mass is 286 g/mol. The van der Waals surface area contributed by atoms with E-state index < -0.39 is 0 Å². The summed E-state index contributed by atoms with van der Waals surface area (Å²) < 4.78 is 1.69. The third-order valence-electron chi connectivity index (χ3n) is 2.63. The number of hydrogen-bond acceptors (Lipinski definition) is 5. The summed E-state index contributed by atoms with van der Waals surface area (Å²) in [5, 5.41) is 7.62. The van der Waals surface area contributed by atoms with E-state index in [1.54, 1.807) is 23.3 Å². The van der Waals surface area contributed by atoms with Crippen LogP contribution in [0, 0.1) is 0 Å². The Balaban J connectivity index is 1.94. The van der Waals surface area contributed by atoms with Gasteiger partial charge in [-0.25, -0.2) is 15.0 Å². The average molecular weight is 287 g/mol. The van der Waals surface area contributed by atoms with Crippen LogP contribution in [-0.2, 0) is 7.05 Å². The number of aryl methyl sites for hydroxylation is 1. The number of halogens is 1. The first-order chi connectivity index (χ1) is 9.72. The zero-order valence-corrected chi connectivity index (χ0v) is 11.4. The third kappa shape index (κ3) is 2.60. The van der Waals surface area contributed by atoms with E-state index in [-0.39, 0.29) is 0 Å². The van der Waals surface area contributed by atoms with Crippen molar-refractivity contribution in [1.82, 2.24) is 24.7 Å². The minimum atomic E-state index is 0.437. The summed E-state index contributed by atoms with van der Waals surface area (Å²) in [5.41, 5.74) is 1.47. The molecule has 0 saturated heterocycles. The van der Waals surface area contributed by atoms with Crippen molar-refractivity contribution in [3.63, 3.8) is 0 Å². The van der Waals surface area contributed by atoms with Gasteiger partial charge >= 0.3 is 0 Å². The zero-order valence-electron chi connectivity index (χ0n) is 10.7. The molecule has 0 aliphatic carbocycles. The van der Waals surface area contributed by atoms with Crippen molar-refractivity contribution in [3.05, 3.63) is 48.0 Å². The molecule has 3 rings (SSSR count). The molecule has 3 aromatic heterocycles. The fraction of sp³-hybridized carbons (Fsp3) is 0.0769. The van der Waals surface area contributed by atoms with Gasteiger partial charge in [0.1, 0.15) is 5.82 Å². The number of pyridine rings is 1. The predicted molar refractivity (Wildman–Crippen MR) is 76.8 cm³/mol. The van der Waals surface area contributed by atoms with Crippen LogP contribution in [0.25, 0.3) is 11.3 Å². The fourth-order valence-electron chi connectivity index (χ4n) is 1.72. The maximum absolute atomic E-state index is 6.14. The standard InChI is InChI=1S/C13H11ClN6/c1-20-8-9(6-17-20)12-10(14)7-16-13(19-12)18-11-4-2-3-5-15-11/h2-8H,1H3,(H,15,16,18,19). The summed E-state index contributed by atoms with van der Waals surface area (Å²) in [6.07, 6.45) is 6.81. The van der Waals surface area contributed by atoms with Crippen molar-refractivity contribution in [2.75, 3.05) is 5.32 Å². The van der Waals surface area contributed by atoms with Crippen molar-refractivity contribution in [2.45, 2.75) is 0 Å². The highest BCUT2D eigenvalue weighted by molar-refractivity contribution is 6.32. The van der Waals surface area contributed by atoms with E-state index in [9.17, 15) is 0 Å². The third-order valence-corrected chi connectivity index (χ3v) is 2.90. The van der Waals surface area contributed by atoms with Gasteiger partial charge in [-0.1, -0.05) is 17.7 Å². The van der Waals surface area contributed by atoms with Gasteiger partial charge < -0.3 is 5.32 Å². The van der Waals surface area contributed by atoms with Crippen LogP contribution >= 0.6 is 11.6 Å². The van der Waals surface area contributed by atoms with Crippen LogP contribution in [0.15, 0.2) is 43.0 Å². The van der Waals surface area contributed by atoms with Crippen LogP contribution in [-0.4, -0.2) is 24.7 Å². The number of aromatic nitrogens is 5. The molecule has 3 heterocycles. The lowest BCUT2D eigenvalue weighted by Gasteiger charge is -2.06. The van der Waals surface area contributed by atoms with Crippen LogP contribution in [0.4, 0.5) is 11.8 Å². The Bertz CT molecular complexity index is 725. The molecule has 0 spiro atoms. The summed E-state index contributed by atoms with van der Waals surface area (Å²) in [5.74, 6) is 1.11. The molecule has 0 bridgehead atoms. The molecule has 0 aromatic carbocycles. The first-order valence-corrected chi connectivity index (χ1v) is 6.30. The summed E-state index contributed by atoms with van der Waals surface area (Å²) in [6, 6.07) is 5.56. The Hall–Kier alpha value is -2.47. The van der Waals surface area contributed by atoms with Crippen LogP contribution in [0.3, 0.4) is 0 Å². The molecule has 1 N–H and O–H groups in total. The lowest BCUT2D eigenvalue weighted by atomic mass is 10.2. The molecule has 0 atom stereocenters. The van der Waals surface area contributed by atoms with Crippen LogP contribution in [0.5, 0.6) is 0 Å². The van der Waals surface area contributed by atoms with Gasteiger partial charge in [0.05, 0.1) is 23.1 Å². The number of anilines is 2. The summed E-state index contributed by atoms with van der Waals surface area (Å²) in [4.78, 5) is 12.7. The van der Waals surface area contributed by atoms with Crippen LogP contribution in [0.2, 0.25) is 5.02 Å². The Labute approximate surface area is 120 Å². The number of hydrogen-bond donors (Lipinski definition) is 1. The van der Waals surface area contributed by atoms with E-state index in [0.717, 1.165) is 5.56 Å². The average Bonchev–Trinajstić information content (AvgIpc) is 2.89. The first kappa shape index (κ1) is 12.6. The number of rotatable bonds is 3. The maximum Gasteiger partial charge on any atom is 0.228 e. The molecular weight excluding hydrogens is 276 g/mol. The first-order valence-electron chi connectivity index (χ1n) is 5.92. The van der Waals surface area contributed by atoms with Crippen molar-refractivity contribution in [3.8, 4) is 11.3 Å². The molecule has 0 fully saturated rings. The molecule has 20 heavy (non-hydrogen) atoms. The highest BCUT2D eigenvalue weighted by Crippen LogP contribution is 2.26. The van der Waals surface area contributed by atoms with E-state index >= 15 is 0 Å². The largest absolute Gasteiger partial charge is 0.309 e. The molecule has 6 nitrogen and oxygen atoms in total. The van der Waals surface area contributed by atoms with Gasteiger partial charge in [-0.15, -0.1) is 0 Å². The second-order valence-corrected chi connectivity index (χ2v) is 4.54. The fourth-order valence-corrected chi connectivity index (χ4v) is 1.92. The van der Waals surface area contributed by atoms with Crippen molar-refractivity contribution in [1.29, 1.82) is 0 Å². The lowest BCUT2D eigenvalue weighted by molar-refractivity contribution is 0.768. The van der Waals surface area contributed by atoms with E-state index in [2.05, 4.69) is 25.4 Å². The molecular formula is C13H11ClN6. The molecule has 0 amide bonds. The second-order valence-electron chi connectivity index (χ2n) is 4.13. The molecule has 0 aliphatic rings. The summed E-state index contributed by atoms with van der Waals surface area (Å²) >= 11 is 6.14. The normalized spacial score (nSPS) is 10.5. The van der Waals surface area contributed by atoms with Crippen LogP contribution in [0.1, 0.15) is 0 Å². The SMILES string of the molecule is Cn1cc(-c2nc(Nc3ccccn3)ncc2Cl)cn1.